The summed E-state index contributed by atoms with van der Waals surface area (Å²) in [5, 5.41) is 12.1. The van der Waals surface area contributed by atoms with E-state index in [0.29, 0.717) is 11.3 Å². The fourth-order valence-electron chi connectivity index (χ4n) is 2.49. The number of nitrogens with one attached hydrogen (secondary N) is 1. The van der Waals surface area contributed by atoms with Gasteiger partial charge in [0.05, 0.1) is 23.6 Å². The van der Waals surface area contributed by atoms with Crippen LogP contribution in [0.1, 0.15) is 0 Å². The normalized spacial score (nSPS) is 11.2. The molecule has 0 atom stereocenters. The van der Waals surface area contributed by atoms with E-state index in [0.717, 1.165) is 22.2 Å². The summed E-state index contributed by atoms with van der Waals surface area (Å²) in [6, 6.07) is 8.50. The molecule has 108 valence electrons. The van der Waals surface area contributed by atoms with Gasteiger partial charge in [-0.1, -0.05) is 12.1 Å². The molecule has 3 aromatic heterocycles. The van der Waals surface area contributed by atoms with Crippen LogP contribution >= 0.6 is 0 Å². The van der Waals surface area contributed by atoms with Crippen molar-refractivity contribution in [3.8, 4) is 22.5 Å². The van der Waals surface area contributed by atoms with Crippen molar-refractivity contribution >= 4 is 10.9 Å². The minimum atomic E-state index is -0.296. The van der Waals surface area contributed by atoms with Crippen molar-refractivity contribution < 1.29 is 4.39 Å². The Bertz CT molecular complexity index is 970. The zero-order chi connectivity index (χ0) is 15.1. The van der Waals surface area contributed by atoms with Crippen LogP contribution in [0.3, 0.4) is 0 Å². The molecule has 0 aliphatic rings. The molecule has 0 fully saturated rings. The average Bonchev–Trinajstić information content (AvgIpc) is 3.13. The van der Waals surface area contributed by atoms with Crippen LogP contribution in [0.25, 0.3) is 33.4 Å². The van der Waals surface area contributed by atoms with Gasteiger partial charge in [0, 0.05) is 29.8 Å². The van der Waals surface area contributed by atoms with Gasteiger partial charge >= 0.3 is 0 Å². The van der Waals surface area contributed by atoms with E-state index in [4.69, 9.17) is 0 Å². The Morgan fingerprint density at radius 2 is 2.05 bits per heavy atom. The smallest absolute Gasteiger partial charge is 0.132 e. The van der Waals surface area contributed by atoms with E-state index in [2.05, 4.69) is 20.3 Å². The molecule has 1 aromatic carbocycles. The fourth-order valence-corrected chi connectivity index (χ4v) is 2.49. The number of nitrogens with zero attached hydrogens (tertiary/aromatic N) is 4. The van der Waals surface area contributed by atoms with Gasteiger partial charge in [0.2, 0.25) is 0 Å². The number of H-pyrrole nitrogens is 1. The Labute approximate surface area is 125 Å². The number of pyridine rings is 1. The number of hydrogen-bond donors (Lipinski definition) is 1. The van der Waals surface area contributed by atoms with Crippen molar-refractivity contribution in [2.45, 2.75) is 0 Å². The summed E-state index contributed by atoms with van der Waals surface area (Å²) >= 11 is 0. The van der Waals surface area contributed by atoms with E-state index in [1.165, 1.54) is 6.07 Å². The van der Waals surface area contributed by atoms with Crippen LogP contribution in [0.5, 0.6) is 0 Å². The monoisotopic (exact) mass is 293 g/mol. The molecule has 0 saturated heterocycles. The number of halogens is 1. The highest BCUT2D eigenvalue weighted by Gasteiger charge is 2.13. The van der Waals surface area contributed by atoms with E-state index in [1.54, 1.807) is 35.3 Å². The predicted molar refractivity (Wildman–Crippen MR) is 81.5 cm³/mol. The molecule has 0 bridgehead atoms. The average molecular weight is 293 g/mol. The third-order valence-corrected chi connectivity index (χ3v) is 3.58. The topological polar surface area (TPSA) is 59.4 Å². The van der Waals surface area contributed by atoms with E-state index < -0.39 is 0 Å². The summed E-state index contributed by atoms with van der Waals surface area (Å²) in [5.74, 6) is -0.296. The third-order valence-electron chi connectivity index (χ3n) is 3.58. The van der Waals surface area contributed by atoms with Crippen molar-refractivity contribution in [3.63, 3.8) is 0 Å². The third kappa shape index (κ3) is 1.96. The lowest BCUT2D eigenvalue weighted by atomic mass is 10.1. The summed E-state index contributed by atoms with van der Waals surface area (Å²) in [5.41, 5.74) is 3.51. The van der Waals surface area contributed by atoms with Crippen LogP contribution in [-0.4, -0.2) is 25.0 Å². The van der Waals surface area contributed by atoms with Gasteiger partial charge in [0.25, 0.3) is 0 Å². The summed E-state index contributed by atoms with van der Waals surface area (Å²) in [7, 11) is 1.85. The Morgan fingerprint density at radius 1 is 1.18 bits per heavy atom. The van der Waals surface area contributed by atoms with Gasteiger partial charge in [0.1, 0.15) is 11.5 Å². The number of aromatic nitrogens is 5. The number of fused-ring (bicyclic) bond motifs is 1. The Balaban J connectivity index is 1.92. The van der Waals surface area contributed by atoms with Gasteiger partial charge in [-0.25, -0.2) is 4.39 Å². The maximum Gasteiger partial charge on any atom is 0.132 e. The van der Waals surface area contributed by atoms with Crippen LogP contribution in [0.2, 0.25) is 0 Å². The molecule has 3 heterocycles. The van der Waals surface area contributed by atoms with Crippen LogP contribution in [0.15, 0.2) is 48.9 Å². The molecule has 6 heteroatoms. The maximum absolute atomic E-state index is 14.0. The highest BCUT2D eigenvalue weighted by atomic mass is 19.1. The van der Waals surface area contributed by atoms with Crippen LogP contribution < -0.4 is 0 Å². The van der Waals surface area contributed by atoms with Gasteiger partial charge in [-0.15, -0.1) is 0 Å². The Kier molecular flexibility index (Phi) is 2.75. The largest absolute Gasteiger partial charge is 0.276 e. The molecule has 4 aromatic rings. The molecule has 0 aliphatic heterocycles. The second-order valence-electron chi connectivity index (χ2n) is 5.07. The van der Waals surface area contributed by atoms with Crippen LogP contribution in [0, 0.1) is 5.82 Å². The van der Waals surface area contributed by atoms with E-state index in [9.17, 15) is 4.39 Å². The molecule has 0 saturated carbocycles. The molecule has 0 aliphatic carbocycles. The molecular weight excluding hydrogens is 281 g/mol. The van der Waals surface area contributed by atoms with E-state index >= 15 is 0 Å². The first-order chi connectivity index (χ1) is 10.7. The van der Waals surface area contributed by atoms with E-state index in [1.807, 2.05) is 19.3 Å². The van der Waals surface area contributed by atoms with Gasteiger partial charge in [-0.2, -0.15) is 10.2 Å². The maximum atomic E-state index is 14.0. The van der Waals surface area contributed by atoms with Gasteiger partial charge < -0.3 is 0 Å². The van der Waals surface area contributed by atoms with Gasteiger partial charge in [0.15, 0.2) is 0 Å². The SMILES string of the molecule is Cn1cc(-c2cc3c(-c4ccccc4F)n[nH]c3cn2)cn1. The molecule has 0 amide bonds. The lowest BCUT2D eigenvalue weighted by Crippen LogP contribution is -1.86. The number of benzene rings is 1. The Morgan fingerprint density at radius 3 is 2.82 bits per heavy atom. The highest BCUT2D eigenvalue weighted by Crippen LogP contribution is 2.30. The molecule has 4 rings (SSSR count). The highest BCUT2D eigenvalue weighted by molar-refractivity contribution is 5.94. The second-order valence-corrected chi connectivity index (χ2v) is 5.07. The molecular formula is C16H12FN5. The summed E-state index contributed by atoms with van der Waals surface area (Å²) in [6.45, 7) is 0. The van der Waals surface area contributed by atoms with Gasteiger partial charge in [-0.3, -0.25) is 14.8 Å². The lowest BCUT2D eigenvalue weighted by Gasteiger charge is -2.01. The molecule has 1 N–H and O–H groups in total. The zero-order valence-electron chi connectivity index (χ0n) is 11.8. The number of aromatic amines is 1. The van der Waals surface area contributed by atoms with Gasteiger partial charge in [-0.05, 0) is 18.2 Å². The van der Waals surface area contributed by atoms with Crippen LogP contribution in [-0.2, 0) is 7.05 Å². The van der Waals surface area contributed by atoms with Crippen LogP contribution in [0.4, 0.5) is 4.39 Å². The fraction of sp³-hybridized carbons (Fsp3) is 0.0625. The van der Waals surface area contributed by atoms with Crippen molar-refractivity contribution in [2.24, 2.45) is 7.05 Å². The summed E-state index contributed by atoms with van der Waals surface area (Å²) < 4.78 is 15.7. The predicted octanol–water partition coefficient (Wildman–Crippen LogP) is 3.16. The summed E-state index contributed by atoms with van der Waals surface area (Å²) in [6.07, 6.45) is 5.34. The molecule has 5 nitrogen and oxygen atoms in total. The van der Waals surface area contributed by atoms with Crippen molar-refractivity contribution in [1.29, 1.82) is 0 Å². The van der Waals surface area contributed by atoms with E-state index in [-0.39, 0.29) is 5.82 Å². The Hall–Kier alpha value is -3.02. The summed E-state index contributed by atoms with van der Waals surface area (Å²) in [4.78, 5) is 4.40. The molecule has 0 radical (unpaired) electrons. The number of hydrogen-bond acceptors (Lipinski definition) is 3. The van der Waals surface area contributed by atoms with Crippen molar-refractivity contribution in [2.75, 3.05) is 0 Å². The minimum absolute atomic E-state index is 0.296. The number of rotatable bonds is 2. The molecule has 0 spiro atoms. The van der Waals surface area contributed by atoms with Crippen molar-refractivity contribution in [3.05, 3.63) is 54.7 Å². The minimum Gasteiger partial charge on any atom is -0.276 e. The van der Waals surface area contributed by atoms with Crippen molar-refractivity contribution in [1.82, 2.24) is 25.0 Å². The second kappa shape index (κ2) is 4.77. The quantitative estimate of drug-likeness (QED) is 0.617. The molecule has 22 heavy (non-hydrogen) atoms. The first kappa shape index (κ1) is 12.7. The standard InChI is InChI=1S/C16H12FN5/c1-22-9-10(7-19-22)14-6-12-15(8-18-14)20-21-16(12)11-4-2-3-5-13(11)17/h2-9H,1H3,(H,20,21). The first-order valence-corrected chi connectivity index (χ1v) is 6.80. The zero-order valence-corrected chi connectivity index (χ0v) is 11.8. The lowest BCUT2D eigenvalue weighted by molar-refractivity contribution is 0.631. The number of aryl methyl sites for hydroxylation is 1. The first-order valence-electron chi connectivity index (χ1n) is 6.80. The molecule has 0 unspecified atom stereocenters.